The second kappa shape index (κ2) is 6.55. The molecule has 0 saturated carbocycles. The molecule has 30 heavy (non-hydrogen) atoms. The Balaban J connectivity index is 1.76. The lowest BCUT2D eigenvalue weighted by atomic mass is 9.71. The number of nitrogens with one attached hydrogen (secondary N) is 1. The normalized spacial score (nSPS) is 19.9. The number of amides is 2. The van der Waals surface area contributed by atoms with Crippen LogP contribution < -0.4 is 10.2 Å². The summed E-state index contributed by atoms with van der Waals surface area (Å²) in [6.07, 6.45) is 1.83. The quantitative estimate of drug-likeness (QED) is 0.727. The first-order valence-corrected chi connectivity index (χ1v) is 10.3. The van der Waals surface area contributed by atoms with Gasteiger partial charge in [-0.15, -0.1) is 0 Å². The Morgan fingerprint density at radius 3 is 2.60 bits per heavy atom. The molecule has 2 aliphatic heterocycles. The number of benzene rings is 2. The van der Waals surface area contributed by atoms with E-state index in [1.807, 2.05) is 54.3 Å². The zero-order valence-corrected chi connectivity index (χ0v) is 17.3. The summed E-state index contributed by atoms with van der Waals surface area (Å²) < 4.78 is 1.71. The molecule has 3 aromatic rings. The maximum Gasteiger partial charge on any atom is 0.242 e. The van der Waals surface area contributed by atoms with Crippen molar-refractivity contribution in [2.45, 2.75) is 32.6 Å². The van der Waals surface area contributed by atoms with Crippen molar-refractivity contribution in [3.8, 4) is 5.69 Å². The van der Waals surface area contributed by atoms with E-state index in [1.54, 1.807) is 10.9 Å². The highest BCUT2D eigenvalue weighted by molar-refractivity contribution is 6.15. The SMILES string of the molecule is Cc1ccc2c(c1)[C@@]1(CC(=O)Nc3c1cnn3-c1ccccc1)C(=O)N2CC(C)C. The molecule has 6 heteroatoms. The first-order chi connectivity index (χ1) is 14.4. The van der Waals surface area contributed by atoms with Gasteiger partial charge in [0.25, 0.3) is 0 Å². The second-order valence-electron chi connectivity index (χ2n) is 8.61. The summed E-state index contributed by atoms with van der Waals surface area (Å²) >= 11 is 0. The van der Waals surface area contributed by atoms with Crippen LogP contribution in [0.1, 0.15) is 37.0 Å². The van der Waals surface area contributed by atoms with Crippen molar-refractivity contribution in [3.63, 3.8) is 0 Å². The molecule has 0 fully saturated rings. The zero-order chi connectivity index (χ0) is 21.0. The van der Waals surface area contributed by atoms with Gasteiger partial charge < -0.3 is 10.2 Å². The Morgan fingerprint density at radius 2 is 1.87 bits per heavy atom. The van der Waals surface area contributed by atoms with Crippen LogP contribution in [0, 0.1) is 12.8 Å². The lowest BCUT2D eigenvalue weighted by Crippen LogP contribution is -2.47. The molecule has 0 bridgehead atoms. The molecule has 152 valence electrons. The molecule has 1 atom stereocenters. The standard InChI is InChI=1S/C24H24N4O2/c1-15(2)14-27-20-10-9-16(3)11-18(20)24(23(27)30)12-21(29)26-22-19(24)13-25-28(22)17-7-5-4-6-8-17/h4-11,13,15H,12,14H2,1-3H3,(H,26,29)/t24-/m1/s1. The van der Waals surface area contributed by atoms with Gasteiger partial charge in [0.05, 0.1) is 11.9 Å². The van der Waals surface area contributed by atoms with Crippen molar-refractivity contribution in [2.24, 2.45) is 5.92 Å². The van der Waals surface area contributed by atoms with Crippen LogP contribution in [0.4, 0.5) is 11.5 Å². The fourth-order valence-corrected chi connectivity index (χ4v) is 4.72. The smallest absolute Gasteiger partial charge is 0.242 e. The number of carbonyl (C=O) groups is 2. The molecule has 1 spiro atoms. The third-order valence-corrected chi connectivity index (χ3v) is 5.97. The van der Waals surface area contributed by atoms with E-state index in [4.69, 9.17) is 0 Å². The van der Waals surface area contributed by atoms with Gasteiger partial charge in [-0.25, -0.2) is 4.68 Å². The molecular weight excluding hydrogens is 376 g/mol. The van der Waals surface area contributed by atoms with Crippen LogP contribution in [-0.2, 0) is 15.0 Å². The van der Waals surface area contributed by atoms with Crippen LogP contribution in [0.25, 0.3) is 5.69 Å². The minimum absolute atomic E-state index is 0.0412. The summed E-state index contributed by atoms with van der Waals surface area (Å²) in [7, 11) is 0. The fraction of sp³-hybridized carbons (Fsp3) is 0.292. The number of nitrogens with zero attached hydrogens (tertiary/aromatic N) is 3. The number of hydrogen-bond donors (Lipinski definition) is 1. The Bertz CT molecular complexity index is 1170. The van der Waals surface area contributed by atoms with E-state index in [-0.39, 0.29) is 18.2 Å². The Kier molecular flexibility index (Phi) is 4.07. The number of para-hydroxylation sites is 1. The number of aryl methyl sites for hydroxylation is 1. The summed E-state index contributed by atoms with van der Waals surface area (Å²) in [6.45, 7) is 6.82. The molecule has 0 saturated heterocycles. The molecule has 3 heterocycles. The van der Waals surface area contributed by atoms with Crippen molar-refractivity contribution in [1.29, 1.82) is 0 Å². The third kappa shape index (κ3) is 2.53. The molecule has 6 nitrogen and oxygen atoms in total. The average Bonchev–Trinajstić information content (AvgIpc) is 3.23. The number of aromatic nitrogens is 2. The van der Waals surface area contributed by atoms with E-state index in [9.17, 15) is 9.59 Å². The minimum Gasteiger partial charge on any atom is -0.311 e. The molecular formula is C24H24N4O2. The predicted molar refractivity (Wildman–Crippen MR) is 116 cm³/mol. The van der Waals surface area contributed by atoms with E-state index in [2.05, 4.69) is 30.3 Å². The largest absolute Gasteiger partial charge is 0.311 e. The number of anilines is 2. The van der Waals surface area contributed by atoms with E-state index in [1.165, 1.54) is 0 Å². The van der Waals surface area contributed by atoms with E-state index in [0.717, 1.165) is 28.1 Å². The summed E-state index contributed by atoms with van der Waals surface area (Å²) in [4.78, 5) is 28.7. The van der Waals surface area contributed by atoms with Crippen LogP contribution in [0.15, 0.2) is 54.7 Å². The molecule has 1 aromatic heterocycles. The van der Waals surface area contributed by atoms with Gasteiger partial charge in [0.2, 0.25) is 11.8 Å². The lowest BCUT2D eigenvalue weighted by molar-refractivity contribution is -0.126. The Hall–Kier alpha value is -3.41. The topological polar surface area (TPSA) is 67.2 Å². The van der Waals surface area contributed by atoms with Crippen LogP contribution in [0.3, 0.4) is 0 Å². The first kappa shape index (κ1) is 18.6. The third-order valence-electron chi connectivity index (χ3n) is 5.97. The van der Waals surface area contributed by atoms with Crippen molar-refractivity contribution in [3.05, 3.63) is 71.4 Å². The maximum absolute atomic E-state index is 13.9. The van der Waals surface area contributed by atoms with Gasteiger partial charge in [0.1, 0.15) is 11.2 Å². The van der Waals surface area contributed by atoms with E-state index < -0.39 is 5.41 Å². The second-order valence-corrected chi connectivity index (χ2v) is 8.61. The molecule has 1 N–H and O–H groups in total. The summed E-state index contributed by atoms with van der Waals surface area (Å²) in [5.41, 5.74) is 3.42. The van der Waals surface area contributed by atoms with Crippen LogP contribution >= 0.6 is 0 Å². The molecule has 0 unspecified atom stereocenters. The molecule has 5 rings (SSSR count). The van der Waals surface area contributed by atoms with Crippen LogP contribution in [0.2, 0.25) is 0 Å². The highest BCUT2D eigenvalue weighted by atomic mass is 16.2. The van der Waals surface area contributed by atoms with Gasteiger partial charge in [-0.1, -0.05) is 49.7 Å². The minimum atomic E-state index is -1.04. The lowest BCUT2D eigenvalue weighted by Gasteiger charge is -2.33. The summed E-state index contributed by atoms with van der Waals surface area (Å²) in [5.74, 6) is 0.666. The Morgan fingerprint density at radius 1 is 1.10 bits per heavy atom. The number of fused-ring (bicyclic) bond motifs is 4. The number of hydrogen-bond acceptors (Lipinski definition) is 3. The zero-order valence-electron chi connectivity index (χ0n) is 17.3. The molecule has 0 aliphatic carbocycles. The predicted octanol–water partition coefficient (Wildman–Crippen LogP) is 3.81. The molecule has 2 aromatic carbocycles. The van der Waals surface area contributed by atoms with Gasteiger partial charge >= 0.3 is 0 Å². The van der Waals surface area contributed by atoms with Crippen LogP contribution in [-0.4, -0.2) is 28.1 Å². The molecule has 0 radical (unpaired) electrons. The maximum atomic E-state index is 13.9. The molecule has 2 amide bonds. The van der Waals surface area contributed by atoms with Crippen molar-refractivity contribution >= 4 is 23.3 Å². The highest BCUT2D eigenvalue weighted by Crippen LogP contribution is 2.52. The summed E-state index contributed by atoms with van der Waals surface area (Å²) in [6, 6.07) is 15.7. The molecule has 2 aliphatic rings. The highest BCUT2D eigenvalue weighted by Gasteiger charge is 2.57. The van der Waals surface area contributed by atoms with Gasteiger partial charge in [-0.2, -0.15) is 5.10 Å². The van der Waals surface area contributed by atoms with E-state index in [0.29, 0.717) is 18.3 Å². The van der Waals surface area contributed by atoms with Crippen molar-refractivity contribution < 1.29 is 9.59 Å². The van der Waals surface area contributed by atoms with Crippen molar-refractivity contribution in [1.82, 2.24) is 9.78 Å². The number of carbonyl (C=O) groups excluding carboxylic acids is 2. The van der Waals surface area contributed by atoms with Gasteiger partial charge in [-0.05, 0) is 36.6 Å². The summed E-state index contributed by atoms with van der Waals surface area (Å²) in [5, 5.41) is 7.54. The monoisotopic (exact) mass is 400 g/mol. The van der Waals surface area contributed by atoms with Gasteiger partial charge in [0, 0.05) is 24.2 Å². The van der Waals surface area contributed by atoms with Crippen molar-refractivity contribution in [2.75, 3.05) is 16.8 Å². The Labute approximate surface area is 175 Å². The fourth-order valence-electron chi connectivity index (χ4n) is 4.72. The van der Waals surface area contributed by atoms with Gasteiger partial charge in [0.15, 0.2) is 0 Å². The van der Waals surface area contributed by atoms with E-state index >= 15 is 0 Å². The van der Waals surface area contributed by atoms with Crippen LogP contribution in [0.5, 0.6) is 0 Å². The number of rotatable bonds is 3. The van der Waals surface area contributed by atoms with Gasteiger partial charge in [-0.3, -0.25) is 9.59 Å². The first-order valence-electron chi connectivity index (χ1n) is 10.3. The average molecular weight is 400 g/mol.